The van der Waals surface area contributed by atoms with Gasteiger partial charge in [0.25, 0.3) is 0 Å². The molecule has 142 valence electrons. The molecule has 7 heteroatoms. The van der Waals surface area contributed by atoms with Gasteiger partial charge in [0.1, 0.15) is 18.2 Å². The Morgan fingerprint density at radius 3 is 2.71 bits per heavy atom. The van der Waals surface area contributed by atoms with Crippen molar-refractivity contribution in [3.05, 3.63) is 66.1 Å². The Morgan fingerprint density at radius 1 is 1.07 bits per heavy atom. The molecule has 0 fully saturated rings. The van der Waals surface area contributed by atoms with Gasteiger partial charge in [-0.1, -0.05) is 18.2 Å². The van der Waals surface area contributed by atoms with Crippen molar-refractivity contribution in [1.29, 1.82) is 0 Å². The third-order valence-electron chi connectivity index (χ3n) is 4.25. The van der Waals surface area contributed by atoms with Crippen LogP contribution >= 0.6 is 0 Å². The van der Waals surface area contributed by atoms with E-state index in [2.05, 4.69) is 14.7 Å². The van der Waals surface area contributed by atoms with Gasteiger partial charge in [-0.2, -0.15) is 0 Å². The fourth-order valence-corrected chi connectivity index (χ4v) is 2.90. The summed E-state index contributed by atoms with van der Waals surface area (Å²) < 4.78 is 21.6. The van der Waals surface area contributed by atoms with Crippen molar-refractivity contribution in [2.75, 3.05) is 14.2 Å². The highest BCUT2D eigenvalue weighted by atomic mass is 16.5. The number of para-hydroxylation sites is 3. The van der Waals surface area contributed by atoms with Crippen LogP contribution in [-0.4, -0.2) is 30.2 Å². The molecule has 4 rings (SSSR count). The van der Waals surface area contributed by atoms with Crippen molar-refractivity contribution in [3.63, 3.8) is 0 Å². The minimum Gasteiger partial charge on any atom is -0.493 e. The first-order chi connectivity index (χ1) is 13.7. The van der Waals surface area contributed by atoms with Gasteiger partial charge >= 0.3 is 5.97 Å². The second-order valence-electron chi connectivity index (χ2n) is 5.99. The number of methoxy groups -OCH3 is 2. The number of esters is 1. The molecule has 0 radical (unpaired) electrons. The average molecular weight is 378 g/mol. The van der Waals surface area contributed by atoms with Gasteiger partial charge in [-0.3, -0.25) is 0 Å². The molecular formula is C21H18N2O5. The number of imidazole rings is 1. The van der Waals surface area contributed by atoms with Gasteiger partial charge in [0.2, 0.25) is 5.76 Å². The molecule has 4 aromatic rings. The zero-order valence-electron chi connectivity index (χ0n) is 15.4. The minimum absolute atomic E-state index is 0.116. The molecule has 0 saturated carbocycles. The Balaban J connectivity index is 1.66. The van der Waals surface area contributed by atoms with Gasteiger partial charge in [0.05, 0.1) is 30.8 Å². The summed E-state index contributed by atoms with van der Waals surface area (Å²) >= 11 is 0. The smallest absolute Gasteiger partial charge is 0.373 e. The molecule has 2 heterocycles. The predicted molar refractivity (Wildman–Crippen MR) is 102 cm³/mol. The Kier molecular flexibility index (Phi) is 4.72. The summed E-state index contributed by atoms with van der Waals surface area (Å²) in [5.41, 5.74) is 2.55. The highest BCUT2D eigenvalue weighted by Gasteiger charge is 2.17. The molecule has 0 bridgehead atoms. The number of benzene rings is 2. The van der Waals surface area contributed by atoms with E-state index in [9.17, 15) is 4.79 Å². The number of hydrogen-bond acceptors (Lipinski definition) is 6. The first-order valence-electron chi connectivity index (χ1n) is 8.61. The molecule has 0 saturated heterocycles. The lowest BCUT2D eigenvalue weighted by Gasteiger charge is -2.13. The number of nitrogens with zero attached hydrogens (tertiary/aromatic N) is 1. The standard InChI is InChI=1S/C21H18N2O5/c1-25-17-9-5-6-14(20-22-15-7-3-4-8-16(15)23-20)19(17)27-12-13-10-11-18(28-13)21(24)26-2/h3-11H,12H2,1-2H3,(H,22,23). The van der Waals surface area contributed by atoms with E-state index in [1.807, 2.05) is 42.5 Å². The number of carbonyl (C=O) groups excluding carboxylic acids is 1. The van der Waals surface area contributed by atoms with Crippen LogP contribution in [0.25, 0.3) is 22.4 Å². The number of ether oxygens (including phenoxy) is 3. The first kappa shape index (κ1) is 17.7. The fourth-order valence-electron chi connectivity index (χ4n) is 2.90. The molecule has 1 N–H and O–H groups in total. The average Bonchev–Trinajstić information content (AvgIpc) is 3.38. The van der Waals surface area contributed by atoms with Crippen LogP contribution in [0.2, 0.25) is 0 Å². The molecule has 0 atom stereocenters. The number of hydrogen-bond donors (Lipinski definition) is 1. The molecule has 0 unspecified atom stereocenters. The first-order valence-corrected chi connectivity index (χ1v) is 8.61. The largest absolute Gasteiger partial charge is 0.493 e. The summed E-state index contributed by atoms with van der Waals surface area (Å²) in [6, 6.07) is 16.6. The van der Waals surface area contributed by atoms with Crippen LogP contribution in [0, 0.1) is 0 Å². The van der Waals surface area contributed by atoms with E-state index in [0.717, 1.165) is 16.6 Å². The van der Waals surface area contributed by atoms with Gasteiger partial charge in [0.15, 0.2) is 11.5 Å². The van der Waals surface area contributed by atoms with Crippen molar-refractivity contribution in [2.24, 2.45) is 0 Å². The van der Waals surface area contributed by atoms with Gasteiger partial charge in [-0.15, -0.1) is 0 Å². The number of rotatable bonds is 6. The lowest BCUT2D eigenvalue weighted by atomic mass is 10.1. The molecule has 0 aliphatic carbocycles. The van der Waals surface area contributed by atoms with E-state index < -0.39 is 5.97 Å². The number of furan rings is 1. The van der Waals surface area contributed by atoms with Crippen LogP contribution in [0.3, 0.4) is 0 Å². The Labute approximate surface area is 160 Å². The molecule has 28 heavy (non-hydrogen) atoms. The molecule has 2 aromatic carbocycles. The lowest BCUT2D eigenvalue weighted by Crippen LogP contribution is -2.00. The molecule has 7 nitrogen and oxygen atoms in total. The van der Waals surface area contributed by atoms with Gasteiger partial charge in [0, 0.05) is 0 Å². The van der Waals surface area contributed by atoms with Crippen molar-refractivity contribution < 1.29 is 23.4 Å². The van der Waals surface area contributed by atoms with Crippen molar-refractivity contribution >= 4 is 17.0 Å². The summed E-state index contributed by atoms with van der Waals surface area (Å²) in [6.45, 7) is 0.116. The third-order valence-corrected chi connectivity index (χ3v) is 4.25. The number of H-pyrrole nitrogens is 1. The number of fused-ring (bicyclic) bond motifs is 1. The monoisotopic (exact) mass is 378 g/mol. The fraction of sp³-hybridized carbons (Fsp3) is 0.143. The SMILES string of the molecule is COC(=O)c1ccc(COc2c(OC)cccc2-c2nc3ccccc3[nH]2)o1. The van der Waals surface area contributed by atoms with E-state index in [-0.39, 0.29) is 12.4 Å². The number of carbonyl (C=O) groups is 1. The number of aromatic amines is 1. The van der Waals surface area contributed by atoms with Crippen molar-refractivity contribution in [2.45, 2.75) is 6.61 Å². The lowest BCUT2D eigenvalue weighted by molar-refractivity contribution is 0.0561. The zero-order chi connectivity index (χ0) is 19.5. The van der Waals surface area contributed by atoms with E-state index in [1.54, 1.807) is 19.2 Å². The van der Waals surface area contributed by atoms with Gasteiger partial charge in [-0.05, 0) is 36.4 Å². The second-order valence-corrected chi connectivity index (χ2v) is 5.99. The summed E-state index contributed by atoms with van der Waals surface area (Å²) in [6.07, 6.45) is 0. The van der Waals surface area contributed by atoms with Crippen LogP contribution in [0.5, 0.6) is 11.5 Å². The summed E-state index contributed by atoms with van der Waals surface area (Å²) in [7, 11) is 2.88. The molecule has 2 aromatic heterocycles. The normalized spacial score (nSPS) is 10.8. The maximum Gasteiger partial charge on any atom is 0.373 e. The Hall–Kier alpha value is -3.74. The maximum absolute atomic E-state index is 11.5. The van der Waals surface area contributed by atoms with E-state index in [4.69, 9.17) is 13.9 Å². The van der Waals surface area contributed by atoms with Crippen LogP contribution in [-0.2, 0) is 11.3 Å². The maximum atomic E-state index is 11.5. The number of aromatic nitrogens is 2. The minimum atomic E-state index is -0.536. The summed E-state index contributed by atoms with van der Waals surface area (Å²) in [4.78, 5) is 19.5. The van der Waals surface area contributed by atoms with Crippen LogP contribution in [0.15, 0.2) is 59.0 Å². The van der Waals surface area contributed by atoms with Crippen LogP contribution in [0.1, 0.15) is 16.3 Å². The third kappa shape index (κ3) is 3.29. The highest BCUT2D eigenvalue weighted by molar-refractivity contribution is 5.86. The number of nitrogens with one attached hydrogen (secondary N) is 1. The molecule has 0 spiro atoms. The Morgan fingerprint density at radius 2 is 1.93 bits per heavy atom. The summed E-state index contributed by atoms with van der Waals surface area (Å²) in [5, 5.41) is 0. The molecular weight excluding hydrogens is 360 g/mol. The van der Waals surface area contributed by atoms with Crippen molar-refractivity contribution in [1.82, 2.24) is 9.97 Å². The van der Waals surface area contributed by atoms with E-state index >= 15 is 0 Å². The van der Waals surface area contributed by atoms with Gasteiger partial charge in [-0.25, -0.2) is 9.78 Å². The predicted octanol–water partition coefficient (Wildman–Crippen LogP) is 4.20. The topological polar surface area (TPSA) is 86.6 Å². The zero-order valence-corrected chi connectivity index (χ0v) is 15.4. The quantitative estimate of drug-likeness (QED) is 0.506. The highest BCUT2D eigenvalue weighted by Crippen LogP contribution is 2.38. The second kappa shape index (κ2) is 7.48. The van der Waals surface area contributed by atoms with E-state index in [1.165, 1.54) is 7.11 Å². The molecule has 0 aliphatic rings. The van der Waals surface area contributed by atoms with Crippen LogP contribution < -0.4 is 9.47 Å². The van der Waals surface area contributed by atoms with E-state index in [0.29, 0.717) is 23.1 Å². The van der Waals surface area contributed by atoms with Crippen LogP contribution in [0.4, 0.5) is 0 Å². The molecule has 0 aliphatic heterocycles. The van der Waals surface area contributed by atoms with Crippen molar-refractivity contribution in [3.8, 4) is 22.9 Å². The molecule has 0 amide bonds. The Bertz CT molecular complexity index is 1100. The summed E-state index contributed by atoms with van der Waals surface area (Å²) in [5.74, 6) is 1.84. The van der Waals surface area contributed by atoms with Gasteiger partial charge < -0.3 is 23.6 Å².